The predicted molar refractivity (Wildman–Crippen MR) is 78.5 cm³/mol. The SMILES string of the molecule is CC1(C(=O)OCc2cccc(Br)c2)CCCCC1N. The van der Waals surface area contributed by atoms with Gasteiger partial charge in [0.2, 0.25) is 0 Å². The summed E-state index contributed by atoms with van der Waals surface area (Å²) < 4.78 is 6.44. The summed E-state index contributed by atoms with van der Waals surface area (Å²) in [7, 11) is 0. The molecule has 1 aromatic carbocycles. The van der Waals surface area contributed by atoms with E-state index in [1.54, 1.807) is 0 Å². The lowest BCUT2D eigenvalue weighted by molar-refractivity contribution is -0.159. The molecule has 3 nitrogen and oxygen atoms in total. The highest BCUT2D eigenvalue weighted by Crippen LogP contribution is 2.36. The first-order valence-corrected chi connectivity index (χ1v) is 7.49. The average Bonchev–Trinajstić information content (AvgIpc) is 2.39. The molecule has 2 N–H and O–H groups in total. The molecule has 0 aliphatic heterocycles. The first-order chi connectivity index (χ1) is 9.02. The molecular formula is C15H20BrNO2. The van der Waals surface area contributed by atoms with Crippen molar-refractivity contribution < 1.29 is 9.53 Å². The van der Waals surface area contributed by atoms with Gasteiger partial charge in [-0.1, -0.05) is 40.9 Å². The van der Waals surface area contributed by atoms with E-state index >= 15 is 0 Å². The van der Waals surface area contributed by atoms with Crippen molar-refractivity contribution in [3.8, 4) is 0 Å². The van der Waals surface area contributed by atoms with Gasteiger partial charge in [-0.2, -0.15) is 0 Å². The van der Waals surface area contributed by atoms with Gasteiger partial charge in [-0.3, -0.25) is 4.79 Å². The summed E-state index contributed by atoms with van der Waals surface area (Å²) in [5, 5.41) is 0. The smallest absolute Gasteiger partial charge is 0.313 e. The maximum absolute atomic E-state index is 12.3. The van der Waals surface area contributed by atoms with Crippen molar-refractivity contribution in [1.29, 1.82) is 0 Å². The van der Waals surface area contributed by atoms with E-state index < -0.39 is 5.41 Å². The number of carbonyl (C=O) groups excluding carboxylic acids is 1. The van der Waals surface area contributed by atoms with E-state index in [0.717, 1.165) is 35.7 Å². The van der Waals surface area contributed by atoms with Crippen LogP contribution < -0.4 is 5.73 Å². The fourth-order valence-electron chi connectivity index (χ4n) is 2.55. The molecule has 0 saturated heterocycles. The van der Waals surface area contributed by atoms with Crippen LogP contribution in [0.2, 0.25) is 0 Å². The molecule has 1 aromatic rings. The first kappa shape index (κ1) is 14.5. The van der Waals surface area contributed by atoms with E-state index in [9.17, 15) is 4.79 Å². The second kappa shape index (κ2) is 6.06. The maximum atomic E-state index is 12.3. The number of carbonyl (C=O) groups is 1. The van der Waals surface area contributed by atoms with Crippen LogP contribution in [0.1, 0.15) is 38.2 Å². The summed E-state index contributed by atoms with van der Waals surface area (Å²) in [4.78, 5) is 12.3. The number of nitrogens with two attached hydrogens (primary N) is 1. The van der Waals surface area contributed by atoms with E-state index in [2.05, 4.69) is 15.9 Å². The van der Waals surface area contributed by atoms with Gasteiger partial charge in [0, 0.05) is 10.5 Å². The van der Waals surface area contributed by atoms with Crippen LogP contribution in [0.4, 0.5) is 0 Å². The standard InChI is InChI=1S/C15H20BrNO2/c1-15(8-3-2-7-13(15)17)14(18)19-10-11-5-4-6-12(16)9-11/h4-6,9,13H,2-3,7-8,10,17H2,1H3. The van der Waals surface area contributed by atoms with Crippen molar-refractivity contribution in [2.24, 2.45) is 11.1 Å². The molecule has 19 heavy (non-hydrogen) atoms. The minimum atomic E-state index is -0.524. The van der Waals surface area contributed by atoms with Crippen molar-refractivity contribution in [3.05, 3.63) is 34.3 Å². The Labute approximate surface area is 122 Å². The van der Waals surface area contributed by atoms with Gasteiger partial charge in [0.15, 0.2) is 0 Å². The molecule has 0 bridgehead atoms. The van der Waals surface area contributed by atoms with E-state index in [4.69, 9.17) is 10.5 Å². The van der Waals surface area contributed by atoms with Gasteiger partial charge in [-0.25, -0.2) is 0 Å². The number of esters is 1. The second-order valence-corrected chi connectivity index (χ2v) is 6.39. The fourth-order valence-corrected chi connectivity index (χ4v) is 3.00. The van der Waals surface area contributed by atoms with E-state index in [-0.39, 0.29) is 12.0 Å². The molecule has 1 fully saturated rings. The largest absolute Gasteiger partial charge is 0.460 e. The highest BCUT2D eigenvalue weighted by Gasteiger charge is 2.42. The van der Waals surface area contributed by atoms with Crippen LogP contribution >= 0.6 is 15.9 Å². The number of rotatable bonds is 3. The van der Waals surface area contributed by atoms with Crippen LogP contribution in [0.5, 0.6) is 0 Å². The van der Waals surface area contributed by atoms with E-state index in [0.29, 0.717) is 6.61 Å². The van der Waals surface area contributed by atoms with Crippen molar-refractivity contribution in [1.82, 2.24) is 0 Å². The molecule has 2 rings (SSSR count). The number of halogens is 1. The van der Waals surface area contributed by atoms with Gasteiger partial charge >= 0.3 is 5.97 Å². The third-order valence-corrected chi connectivity index (χ3v) is 4.50. The molecule has 0 heterocycles. The molecule has 1 aliphatic carbocycles. The predicted octanol–water partition coefficient (Wildman–Crippen LogP) is 3.40. The minimum Gasteiger partial charge on any atom is -0.460 e. The first-order valence-electron chi connectivity index (χ1n) is 6.69. The molecule has 104 valence electrons. The Morgan fingerprint density at radius 2 is 2.32 bits per heavy atom. The summed E-state index contributed by atoms with van der Waals surface area (Å²) in [5.74, 6) is -0.167. The Balaban J connectivity index is 1.97. The lowest BCUT2D eigenvalue weighted by atomic mass is 9.72. The Morgan fingerprint density at radius 3 is 3.00 bits per heavy atom. The molecule has 2 atom stereocenters. The van der Waals surface area contributed by atoms with Crippen molar-refractivity contribution in [2.75, 3.05) is 0 Å². The molecular weight excluding hydrogens is 306 g/mol. The number of benzene rings is 1. The maximum Gasteiger partial charge on any atom is 0.313 e. The highest BCUT2D eigenvalue weighted by atomic mass is 79.9. The molecule has 2 unspecified atom stereocenters. The van der Waals surface area contributed by atoms with Crippen molar-refractivity contribution in [2.45, 2.75) is 45.3 Å². The molecule has 0 radical (unpaired) electrons. The Bertz CT molecular complexity index is 463. The van der Waals surface area contributed by atoms with E-state index in [1.165, 1.54) is 0 Å². The lowest BCUT2D eigenvalue weighted by Crippen LogP contribution is -2.48. The molecule has 0 amide bonds. The molecule has 0 aromatic heterocycles. The number of ether oxygens (including phenoxy) is 1. The topological polar surface area (TPSA) is 52.3 Å². The third-order valence-electron chi connectivity index (χ3n) is 4.00. The zero-order chi connectivity index (χ0) is 13.9. The Morgan fingerprint density at radius 1 is 1.53 bits per heavy atom. The zero-order valence-corrected chi connectivity index (χ0v) is 12.8. The van der Waals surface area contributed by atoms with Gasteiger partial charge < -0.3 is 10.5 Å². The van der Waals surface area contributed by atoms with Crippen LogP contribution in [-0.4, -0.2) is 12.0 Å². The minimum absolute atomic E-state index is 0.0868. The van der Waals surface area contributed by atoms with Gasteiger partial charge in [-0.05, 0) is 37.5 Å². The zero-order valence-electron chi connectivity index (χ0n) is 11.2. The summed E-state index contributed by atoms with van der Waals surface area (Å²) >= 11 is 3.41. The van der Waals surface area contributed by atoms with Crippen LogP contribution in [-0.2, 0) is 16.1 Å². The van der Waals surface area contributed by atoms with Crippen LogP contribution in [0.25, 0.3) is 0 Å². The second-order valence-electron chi connectivity index (χ2n) is 5.48. The Hall–Kier alpha value is -0.870. The summed E-state index contributed by atoms with van der Waals surface area (Å²) in [5.41, 5.74) is 6.56. The fraction of sp³-hybridized carbons (Fsp3) is 0.533. The lowest BCUT2D eigenvalue weighted by Gasteiger charge is -2.36. The van der Waals surface area contributed by atoms with Crippen LogP contribution in [0.15, 0.2) is 28.7 Å². The van der Waals surface area contributed by atoms with Gasteiger partial charge in [-0.15, -0.1) is 0 Å². The van der Waals surface area contributed by atoms with Crippen molar-refractivity contribution in [3.63, 3.8) is 0 Å². The molecule has 1 saturated carbocycles. The van der Waals surface area contributed by atoms with Crippen LogP contribution in [0.3, 0.4) is 0 Å². The molecule has 4 heteroatoms. The third kappa shape index (κ3) is 3.37. The van der Waals surface area contributed by atoms with Gasteiger partial charge in [0.05, 0.1) is 5.41 Å². The average molecular weight is 326 g/mol. The van der Waals surface area contributed by atoms with Gasteiger partial charge in [0.1, 0.15) is 6.61 Å². The van der Waals surface area contributed by atoms with Crippen LogP contribution in [0, 0.1) is 5.41 Å². The number of hydrogen-bond donors (Lipinski definition) is 1. The summed E-state index contributed by atoms with van der Waals surface area (Å²) in [6.45, 7) is 2.24. The summed E-state index contributed by atoms with van der Waals surface area (Å²) in [6, 6.07) is 7.69. The van der Waals surface area contributed by atoms with Gasteiger partial charge in [0.25, 0.3) is 0 Å². The summed E-state index contributed by atoms with van der Waals surface area (Å²) in [6.07, 6.45) is 3.89. The molecule has 0 spiro atoms. The molecule has 1 aliphatic rings. The number of hydrogen-bond acceptors (Lipinski definition) is 3. The normalized spacial score (nSPS) is 27.0. The van der Waals surface area contributed by atoms with Crippen molar-refractivity contribution >= 4 is 21.9 Å². The Kier molecular flexibility index (Phi) is 4.63. The quantitative estimate of drug-likeness (QED) is 0.866. The van der Waals surface area contributed by atoms with E-state index in [1.807, 2.05) is 31.2 Å². The monoisotopic (exact) mass is 325 g/mol. The highest BCUT2D eigenvalue weighted by molar-refractivity contribution is 9.10.